The van der Waals surface area contributed by atoms with Crippen LogP contribution in [0.4, 0.5) is 21.1 Å². The molecule has 1 atom stereocenters. The molecule has 3 aromatic rings. The molecule has 4 rings (SSSR count). The SMILES string of the molecule is C/C(=C\CN(C(=O)OC(C)(C)C)C(=O)OC(C)(C)C)c1ccc(Nc2cc(CC3CC3)n3ncc(C#N)c3n2)cc1CS(C)=O. The quantitative estimate of drug-likeness (QED) is 0.271. The second-order valence-corrected chi connectivity index (χ2v) is 14.8. The van der Waals surface area contributed by atoms with E-state index in [1.165, 1.54) is 19.0 Å². The molecule has 45 heavy (non-hydrogen) atoms. The van der Waals surface area contributed by atoms with E-state index in [1.54, 1.807) is 58.4 Å². The number of nitriles is 1. The van der Waals surface area contributed by atoms with Crippen molar-refractivity contribution in [3.8, 4) is 6.07 Å². The van der Waals surface area contributed by atoms with E-state index in [9.17, 15) is 19.1 Å². The van der Waals surface area contributed by atoms with Gasteiger partial charge >= 0.3 is 12.2 Å². The number of nitrogens with zero attached hydrogens (tertiary/aromatic N) is 5. The number of carbonyl (C=O) groups excluding carboxylic acids is 2. The van der Waals surface area contributed by atoms with Gasteiger partial charge in [-0.3, -0.25) is 4.21 Å². The van der Waals surface area contributed by atoms with E-state index in [0.717, 1.165) is 39.4 Å². The summed E-state index contributed by atoms with van der Waals surface area (Å²) in [7, 11) is -1.15. The molecule has 1 aliphatic carbocycles. The minimum atomic E-state index is -1.15. The van der Waals surface area contributed by atoms with Gasteiger partial charge in [-0.1, -0.05) is 12.1 Å². The first kappa shape index (κ1) is 33.6. The standard InChI is InChI=1S/C33H42N6O5S/c1-21(13-14-38(30(40)43-32(2,3)4)31(41)44-33(5,6)7)27-12-11-25(16-23(27)20-45(8)42)36-28-17-26(15-22-9-10-22)39-29(37-28)24(18-34)19-35-39/h11-13,16-17,19,22H,9-10,14-15,20H2,1-8H3,(H,36,37)/b21-13+. The number of hydrogen-bond acceptors (Lipinski definition) is 9. The number of benzene rings is 1. The number of nitrogens with one attached hydrogen (secondary N) is 1. The second kappa shape index (κ2) is 13.4. The summed E-state index contributed by atoms with van der Waals surface area (Å²) in [5.74, 6) is 1.49. The molecule has 0 spiro atoms. The Kier molecular flexibility index (Phi) is 10.0. The van der Waals surface area contributed by atoms with Gasteiger partial charge in [-0.05, 0) is 102 Å². The fraction of sp³-hybridized carbons (Fsp3) is 0.485. The van der Waals surface area contributed by atoms with Crippen LogP contribution in [0.15, 0.2) is 36.5 Å². The molecular formula is C33H42N6O5S. The Labute approximate surface area is 267 Å². The molecule has 1 N–H and O–H groups in total. The summed E-state index contributed by atoms with van der Waals surface area (Å²) in [5, 5.41) is 17.3. The number of aromatic nitrogens is 3. The Balaban J connectivity index is 1.63. The predicted molar refractivity (Wildman–Crippen MR) is 174 cm³/mol. The minimum Gasteiger partial charge on any atom is -0.443 e. The molecule has 0 bridgehead atoms. The number of fused-ring (bicyclic) bond motifs is 1. The van der Waals surface area contributed by atoms with Crippen molar-refractivity contribution in [2.75, 3.05) is 18.1 Å². The van der Waals surface area contributed by atoms with Crippen LogP contribution in [0.3, 0.4) is 0 Å². The molecule has 2 heterocycles. The van der Waals surface area contributed by atoms with E-state index in [1.807, 2.05) is 31.2 Å². The van der Waals surface area contributed by atoms with Crippen molar-refractivity contribution in [1.82, 2.24) is 19.5 Å². The number of carbonyl (C=O) groups is 2. The Bertz CT molecular complexity index is 1660. The Morgan fingerprint density at radius 1 is 1.13 bits per heavy atom. The highest BCUT2D eigenvalue weighted by Crippen LogP contribution is 2.34. The van der Waals surface area contributed by atoms with E-state index in [2.05, 4.69) is 21.5 Å². The lowest BCUT2D eigenvalue weighted by Gasteiger charge is -2.28. The first-order valence-corrected chi connectivity index (χ1v) is 16.6. The Hall–Kier alpha value is -4.24. The fourth-order valence-corrected chi connectivity index (χ4v) is 5.35. The maximum absolute atomic E-state index is 13.0. The van der Waals surface area contributed by atoms with Crippen LogP contribution in [0.25, 0.3) is 11.2 Å². The van der Waals surface area contributed by atoms with Crippen LogP contribution in [0, 0.1) is 17.2 Å². The Morgan fingerprint density at radius 3 is 2.33 bits per heavy atom. The number of allylic oxidation sites excluding steroid dienone is 1. The molecule has 240 valence electrons. The van der Waals surface area contributed by atoms with Crippen LogP contribution in [0.2, 0.25) is 0 Å². The Morgan fingerprint density at radius 2 is 1.78 bits per heavy atom. The third kappa shape index (κ3) is 9.38. The van der Waals surface area contributed by atoms with Crippen LogP contribution in [0.5, 0.6) is 0 Å². The highest BCUT2D eigenvalue weighted by Gasteiger charge is 2.30. The van der Waals surface area contributed by atoms with Gasteiger partial charge in [-0.15, -0.1) is 0 Å². The molecule has 1 aromatic carbocycles. The molecule has 0 saturated heterocycles. The van der Waals surface area contributed by atoms with Crippen molar-refractivity contribution in [2.45, 2.75) is 84.7 Å². The second-order valence-electron chi connectivity index (χ2n) is 13.4. The number of anilines is 2. The van der Waals surface area contributed by atoms with E-state index in [0.29, 0.717) is 28.7 Å². The van der Waals surface area contributed by atoms with Gasteiger partial charge in [0, 0.05) is 40.3 Å². The van der Waals surface area contributed by atoms with Gasteiger partial charge in [-0.2, -0.15) is 10.4 Å². The van der Waals surface area contributed by atoms with Crippen molar-refractivity contribution in [2.24, 2.45) is 5.92 Å². The monoisotopic (exact) mass is 634 g/mol. The van der Waals surface area contributed by atoms with Crippen molar-refractivity contribution in [3.05, 3.63) is 58.9 Å². The number of ether oxygens (including phenoxy) is 2. The van der Waals surface area contributed by atoms with Crippen molar-refractivity contribution >= 4 is 45.7 Å². The molecule has 2 aromatic heterocycles. The topological polar surface area (TPSA) is 139 Å². The van der Waals surface area contributed by atoms with Gasteiger partial charge in [0.05, 0.1) is 12.7 Å². The zero-order chi connectivity index (χ0) is 33.1. The molecule has 0 radical (unpaired) electrons. The zero-order valence-electron chi connectivity index (χ0n) is 27.3. The molecular weight excluding hydrogens is 592 g/mol. The van der Waals surface area contributed by atoms with Gasteiger partial charge in [0.15, 0.2) is 5.65 Å². The first-order valence-electron chi connectivity index (χ1n) is 14.9. The maximum atomic E-state index is 13.0. The molecule has 11 nitrogen and oxygen atoms in total. The molecule has 1 fully saturated rings. The zero-order valence-corrected chi connectivity index (χ0v) is 28.1. The molecule has 2 amide bonds. The van der Waals surface area contributed by atoms with E-state index in [-0.39, 0.29) is 6.54 Å². The number of rotatable bonds is 9. The third-order valence-corrected chi connectivity index (χ3v) is 7.55. The molecule has 12 heteroatoms. The minimum absolute atomic E-state index is 0.0788. The molecule has 1 unspecified atom stereocenters. The third-order valence-electron chi connectivity index (χ3n) is 6.83. The van der Waals surface area contributed by atoms with E-state index >= 15 is 0 Å². The largest absolute Gasteiger partial charge is 0.443 e. The van der Waals surface area contributed by atoms with Crippen LogP contribution in [-0.2, 0) is 32.4 Å². The average Bonchev–Trinajstić information content (AvgIpc) is 3.62. The number of hydrogen-bond donors (Lipinski definition) is 1. The fourth-order valence-electron chi connectivity index (χ4n) is 4.67. The summed E-state index contributed by atoms with van der Waals surface area (Å²) in [6.45, 7) is 12.2. The van der Waals surface area contributed by atoms with Gasteiger partial charge in [0.2, 0.25) is 0 Å². The molecule has 1 aliphatic rings. The first-order chi connectivity index (χ1) is 21.0. The normalized spacial score (nSPS) is 14.5. The van der Waals surface area contributed by atoms with Gasteiger partial charge in [0.1, 0.15) is 28.7 Å². The molecule has 1 saturated carbocycles. The van der Waals surface area contributed by atoms with Crippen LogP contribution >= 0.6 is 0 Å². The smallest absolute Gasteiger partial charge is 0.420 e. The van der Waals surface area contributed by atoms with Gasteiger partial charge in [-0.25, -0.2) is 24.0 Å². The van der Waals surface area contributed by atoms with E-state index in [4.69, 9.17) is 9.47 Å². The van der Waals surface area contributed by atoms with Crippen molar-refractivity contribution in [3.63, 3.8) is 0 Å². The summed E-state index contributed by atoms with van der Waals surface area (Å²) >= 11 is 0. The lowest BCUT2D eigenvalue weighted by atomic mass is 10.0. The number of amides is 2. The van der Waals surface area contributed by atoms with Crippen LogP contribution in [0.1, 0.15) is 83.7 Å². The highest BCUT2D eigenvalue weighted by molar-refractivity contribution is 7.83. The number of imide groups is 1. The maximum Gasteiger partial charge on any atom is 0.420 e. The van der Waals surface area contributed by atoms with Gasteiger partial charge < -0.3 is 14.8 Å². The van der Waals surface area contributed by atoms with Crippen LogP contribution < -0.4 is 5.32 Å². The van der Waals surface area contributed by atoms with Crippen LogP contribution in [-0.4, -0.2) is 59.9 Å². The highest BCUT2D eigenvalue weighted by atomic mass is 32.2. The van der Waals surface area contributed by atoms with Crippen molar-refractivity contribution < 1.29 is 23.3 Å². The molecule has 0 aliphatic heterocycles. The van der Waals surface area contributed by atoms with Gasteiger partial charge in [0.25, 0.3) is 0 Å². The summed E-state index contributed by atoms with van der Waals surface area (Å²) in [6, 6.07) is 9.84. The summed E-state index contributed by atoms with van der Waals surface area (Å²) in [6.07, 6.45) is 6.52. The lowest BCUT2D eigenvalue weighted by molar-refractivity contribution is 0.00375. The summed E-state index contributed by atoms with van der Waals surface area (Å²) in [4.78, 5) is 31.5. The lowest BCUT2D eigenvalue weighted by Crippen LogP contribution is -2.43. The predicted octanol–water partition coefficient (Wildman–Crippen LogP) is 6.75. The summed E-state index contributed by atoms with van der Waals surface area (Å²) in [5.41, 5.74) is 3.45. The average molecular weight is 635 g/mol. The van der Waals surface area contributed by atoms with E-state index < -0.39 is 34.2 Å². The summed E-state index contributed by atoms with van der Waals surface area (Å²) < 4.78 is 25.1. The van der Waals surface area contributed by atoms with Crippen molar-refractivity contribution in [1.29, 1.82) is 5.26 Å².